The molecule has 0 fully saturated rings. The van der Waals surface area contributed by atoms with E-state index in [2.05, 4.69) is 5.32 Å². The molecule has 1 unspecified atom stereocenters. The van der Waals surface area contributed by atoms with Crippen molar-refractivity contribution in [3.05, 3.63) is 62.1 Å². The van der Waals surface area contributed by atoms with Crippen LogP contribution in [0.2, 0.25) is 0 Å². The minimum atomic E-state index is -0.959. The van der Waals surface area contributed by atoms with E-state index in [4.69, 9.17) is 4.74 Å². The molecule has 1 N–H and O–H groups in total. The maximum absolute atomic E-state index is 12.8. The Kier molecular flexibility index (Phi) is 4.29. The number of hydrogen-bond acceptors (Lipinski definition) is 6. The lowest BCUT2D eigenvalue weighted by atomic mass is 10.0. The fourth-order valence-electron chi connectivity index (χ4n) is 2.72. The lowest BCUT2D eigenvalue weighted by molar-refractivity contribution is -0.385. The Hall–Kier alpha value is -3.49. The third-order valence-electron chi connectivity index (χ3n) is 4.11. The van der Waals surface area contributed by atoms with Crippen LogP contribution < -0.4 is 15.6 Å². The topological polar surface area (TPSA) is 121 Å². The van der Waals surface area contributed by atoms with E-state index in [0.29, 0.717) is 11.4 Å². The highest BCUT2D eigenvalue weighted by Crippen LogP contribution is 2.29. The first-order chi connectivity index (χ1) is 12.3. The fourth-order valence-corrected chi connectivity index (χ4v) is 2.72. The highest BCUT2D eigenvalue weighted by Gasteiger charge is 2.24. The van der Waals surface area contributed by atoms with Crippen molar-refractivity contribution in [2.45, 2.75) is 19.9 Å². The van der Waals surface area contributed by atoms with Crippen molar-refractivity contribution in [1.29, 1.82) is 0 Å². The quantitative estimate of drug-likeness (QED) is 0.506. The average molecular weight is 357 g/mol. The largest absolute Gasteiger partial charge is 0.482 e. The number of ketones is 1. The summed E-state index contributed by atoms with van der Waals surface area (Å²) in [5.74, 6) is -0.313. The van der Waals surface area contributed by atoms with E-state index in [1.807, 2.05) is 0 Å². The lowest BCUT2D eigenvalue weighted by Gasteiger charge is -2.19. The van der Waals surface area contributed by atoms with Gasteiger partial charge in [0.25, 0.3) is 17.2 Å². The van der Waals surface area contributed by atoms with Crippen molar-refractivity contribution in [2.24, 2.45) is 0 Å². The Bertz CT molecular complexity index is 994. The third-order valence-corrected chi connectivity index (χ3v) is 4.11. The summed E-state index contributed by atoms with van der Waals surface area (Å²) in [7, 11) is 0. The molecule has 0 spiro atoms. The number of hydrogen-bond donors (Lipinski definition) is 1. The zero-order chi connectivity index (χ0) is 19.0. The molecular formula is C17H15N3O6. The molecule has 9 nitrogen and oxygen atoms in total. The van der Waals surface area contributed by atoms with Crippen LogP contribution in [-0.4, -0.2) is 27.8 Å². The van der Waals surface area contributed by atoms with Gasteiger partial charge >= 0.3 is 0 Å². The molecule has 0 radical (unpaired) electrons. The number of carbonyl (C=O) groups excluding carboxylic acids is 2. The number of fused-ring (bicyclic) bond motifs is 1. The summed E-state index contributed by atoms with van der Waals surface area (Å²) >= 11 is 0. The van der Waals surface area contributed by atoms with Crippen LogP contribution in [0.3, 0.4) is 0 Å². The molecule has 134 valence electrons. The molecule has 1 aliphatic heterocycles. The molecule has 9 heteroatoms. The zero-order valence-corrected chi connectivity index (χ0v) is 14.0. The van der Waals surface area contributed by atoms with Gasteiger partial charge in [0.15, 0.2) is 12.4 Å². The van der Waals surface area contributed by atoms with Crippen LogP contribution in [0.4, 0.5) is 11.4 Å². The maximum Gasteiger partial charge on any atom is 0.286 e. The number of rotatable bonds is 4. The number of aromatic nitrogens is 1. The summed E-state index contributed by atoms with van der Waals surface area (Å²) in [5, 5.41) is 13.6. The van der Waals surface area contributed by atoms with Gasteiger partial charge in [0.2, 0.25) is 0 Å². The van der Waals surface area contributed by atoms with Gasteiger partial charge in [0, 0.05) is 17.2 Å². The van der Waals surface area contributed by atoms with Gasteiger partial charge in [-0.1, -0.05) is 0 Å². The van der Waals surface area contributed by atoms with Crippen molar-refractivity contribution in [3.63, 3.8) is 0 Å². The average Bonchev–Trinajstić information content (AvgIpc) is 2.61. The van der Waals surface area contributed by atoms with E-state index < -0.39 is 22.3 Å². The summed E-state index contributed by atoms with van der Waals surface area (Å²) in [6.45, 7) is 2.84. The Balaban J connectivity index is 1.98. The highest BCUT2D eigenvalue weighted by atomic mass is 16.6. The van der Waals surface area contributed by atoms with Gasteiger partial charge in [0.05, 0.1) is 22.8 Å². The number of pyridine rings is 1. The van der Waals surface area contributed by atoms with Crippen LogP contribution in [-0.2, 0) is 4.79 Å². The Morgan fingerprint density at radius 1 is 1.35 bits per heavy atom. The minimum Gasteiger partial charge on any atom is -0.482 e. The molecule has 1 amide bonds. The van der Waals surface area contributed by atoms with Gasteiger partial charge in [-0.15, -0.1) is 0 Å². The molecule has 1 aliphatic rings. The number of amides is 1. The maximum atomic E-state index is 12.8. The Morgan fingerprint density at radius 2 is 2.08 bits per heavy atom. The first-order valence-corrected chi connectivity index (χ1v) is 7.76. The van der Waals surface area contributed by atoms with Crippen LogP contribution in [0.15, 0.2) is 35.3 Å². The number of nitro groups is 1. The molecule has 26 heavy (non-hydrogen) atoms. The number of nitrogens with zero attached hydrogens (tertiary/aromatic N) is 2. The van der Waals surface area contributed by atoms with Crippen LogP contribution in [0, 0.1) is 17.0 Å². The van der Waals surface area contributed by atoms with Crippen LogP contribution in [0.25, 0.3) is 0 Å². The van der Waals surface area contributed by atoms with Crippen LogP contribution in [0.1, 0.15) is 28.9 Å². The van der Waals surface area contributed by atoms with Gasteiger partial charge in [-0.05, 0) is 32.0 Å². The summed E-state index contributed by atoms with van der Waals surface area (Å²) < 4.78 is 6.28. The van der Waals surface area contributed by atoms with Gasteiger partial charge in [-0.2, -0.15) is 0 Å². The van der Waals surface area contributed by atoms with Crippen molar-refractivity contribution in [2.75, 3.05) is 11.9 Å². The number of benzene rings is 1. The van der Waals surface area contributed by atoms with Crippen molar-refractivity contribution in [3.8, 4) is 5.75 Å². The number of carbonyl (C=O) groups is 2. The van der Waals surface area contributed by atoms with Crippen molar-refractivity contribution >= 4 is 23.1 Å². The molecule has 2 aromatic rings. The van der Waals surface area contributed by atoms with Gasteiger partial charge in [-0.25, -0.2) is 0 Å². The summed E-state index contributed by atoms with van der Waals surface area (Å²) in [6.07, 6.45) is 1.06. The molecule has 1 atom stereocenters. The molecule has 0 saturated carbocycles. The second-order valence-electron chi connectivity index (χ2n) is 5.94. The predicted molar refractivity (Wildman–Crippen MR) is 91.7 cm³/mol. The summed E-state index contributed by atoms with van der Waals surface area (Å²) in [6, 6.07) is 4.74. The van der Waals surface area contributed by atoms with Crippen molar-refractivity contribution < 1.29 is 19.2 Å². The normalized spacial score (nSPS) is 14.0. The Morgan fingerprint density at radius 3 is 2.77 bits per heavy atom. The number of Topliss-reactive ketones (excluding diaryl/α,β-unsaturated/α-hetero) is 1. The standard InChI is InChI=1S/C17H15N3O6/c1-9-5-12(20(24)25)7-19(17(9)23)10(2)16(22)11-3-4-14-13(6-11)18-15(21)8-26-14/h3-7,10H,8H2,1-2H3,(H,18,21). The van der Waals surface area contributed by atoms with Gasteiger partial charge in [0.1, 0.15) is 5.75 Å². The summed E-state index contributed by atoms with van der Waals surface area (Å²) in [4.78, 5) is 46.9. The van der Waals surface area contributed by atoms with E-state index in [9.17, 15) is 24.5 Å². The van der Waals surface area contributed by atoms with Gasteiger partial charge in [-0.3, -0.25) is 29.1 Å². The first-order valence-electron chi connectivity index (χ1n) is 7.76. The highest BCUT2D eigenvalue weighted by molar-refractivity contribution is 6.02. The molecule has 0 saturated heterocycles. The van der Waals surface area contributed by atoms with Crippen LogP contribution in [0.5, 0.6) is 5.75 Å². The third kappa shape index (κ3) is 3.06. The Labute approximate surface area is 147 Å². The van der Waals surface area contributed by atoms with E-state index in [1.54, 1.807) is 6.07 Å². The number of anilines is 1. The predicted octanol–water partition coefficient (Wildman–Crippen LogP) is 1.84. The first kappa shape index (κ1) is 17.3. The summed E-state index contributed by atoms with van der Waals surface area (Å²) in [5.41, 5.74) is 0.0313. The minimum absolute atomic E-state index is 0.0982. The second-order valence-corrected chi connectivity index (χ2v) is 5.94. The van der Waals surface area contributed by atoms with E-state index in [0.717, 1.165) is 10.8 Å². The van der Waals surface area contributed by atoms with E-state index in [-0.39, 0.29) is 29.3 Å². The number of ether oxygens (including phenoxy) is 1. The van der Waals surface area contributed by atoms with E-state index in [1.165, 1.54) is 32.0 Å². The number of nitrogens with one attached hydrogen (secondary N) is 1. The molecule has 2 heterocycles. The molecule has 1 aromatic heterocycles. The monoisotopic (exact) mass is 357 g/mol. The van der Waals surface area contributed by atoms with Gasteiger partial charge < -0.3 is 10.1 Å². The SMILES string of the molecule is Cc1cc([N+](=O)[O-])cn(C(C)C(=O)c2ccc3c(c2)NC(=O)CO3)c1=O. The van der Waals surface area contributed by atoms with Crippen molar-refractivity contribution in [1.82, 2.24) is 4.57 Å². The number of aryl methyl sites for hydroxylation is 1. The molecule has 1 aromatic carbocycles. The molecule has 0 aliphatic carbocycles. The fraction of sp³-hybridized carbons (Fsp3) is 0.235. The molecule has 3 rings (SSSR count). The zero-order valence-electron chi connectivity index (χ0n) is 14.0. The smallest absolute Gasteiger partial charge is 0.286 e. The van der Waals surface area contributed by atoms with Crippen LogP contribution >= 0.6 is 0 Å². The van der Waals surface area contributed by atoms with E-state index >= 15 is 0 Å². The lowest BCUT2D eigenvalue weighted by Crippen LogP contribution is -2.30. The second kappa shape index (κ2) is 6.43. The molecule has 0 bridgehead atoms. The molecular weight excluding hydrogens is 342 g/mol.